The zero-order valence-corrected chi connectivity index (χ0v) is 8.55. The SMILES string of the molecule is O=C(C#Cc1ccccc1)c1ccccn1. The van der Waals surface area contributed by atoms with Crippen LogP contribution in [0, 0.1) is 11.8 Å². The molecule has 0 atom stereocenters. The van der Waals surface area contributed by atoms with Crippen LogP contribution in [0.5, 0.6) is 0 Å². The summed E-state index contributed by atoms with van der Waals surface area (Å²) in [6.07, 6.45) is 1.58. The molecule has 0 N–H and O–H groups in total. The maximum absolute atomic E-state index is 11.6. The summed E-state index contributed by atoms with van der Waals surface area (Å²) in [6, 6.07) is 14.6. The number of Topliss-reactive ketones (excluding diaryl/α,β-unsaturated/α-hetero) is 1. The lowest BCUT2D eigenvalue weighted by Crippen LogP contribution is -1.97. The molecule has 2 heteroatoms. The summed E-state index contributed by atoms with van der Waals surface area (Å²) in [5.41, 5.74) is 1.21. The largest absolute Gasteiger partial charge is 0.277 e. The van der Waals surface area contributed by atoms with E-state index < -0.39 is 0 Å². The molecule has 2 aromatic rings. The molecule has 1 heterocycles. The lowest BCUT2D eigenvalue weighted by molar-refractivity contribution is 0.105. The fraction of sp³-hybridized carbons (Fsp3) is 0. The Balaban J connectivity index is 2.18. The Hall–Kier alpha value is -2.40. The van der Waals surface area contributed by atoms with Gasteiger partial charge in [-0.15, -0.1) is 0 Å². The molecule has 2 nitrogen and oxygen atoms in total. The highest BCUT2D eigenvalue weighted by Gasteiger charge is 2.00. The fourth-order valence-electron chi connectivity index (χ4n) is 1.21. The van der Waals surface area contributed by atoms with Crippen molar-refractivity contribution in [1.82, 2.24) is 4.98 Å². The summed E-state index contributed by atoms with van der Waals surface area (Å²) >= 11 is 0. The highest BCUT2D eigenvalue weighted by atomic mass is 16.1. The summed E-state index contributed by atoms with van der Waals surface area (Å²) in [6.45, 7) is 0. The van der Waals surface area contributed by atoms with E-state index in [9.17, 15) is 4.79 Å². The van der Waals surface area contributed by atoms with E-state index >= 15 is 0 Å². The van der Waals surface area contributed by atoms with E-state index in [0.29, 0.717) is 5.69 Å². The quantitative estimate of drug-likeness (QED) is 0.530. The maximum Gasteiger partial charge on any atom is 0.254 e. The van der Waals surface area contributed by atoms with Crippen molar-refractivity contribution in [2.45, 2.75) is 0 Å². The van der Waals surface area contributed by atoms with Gasteiger partial charge in [-0.2, -0.15) is 0 Å². The van der Waals surface area contributed by atoms with Crippen molar-refractivity contribution in [3.05, 3.63) is 66.0 Å². The zero-order chi connectivity index (χ0) is 11.2. The number of carbonyl (C=O) groups excluding carboxylic acids is 1. The monoisotopic (exact) mass is 207 g/mol. The predicted octanol–water partition coefficient (Wildman–Crippen LogP) is 2.32. The van der Waals surface area contributed by atoms with E-state index in [4.69, 9.17) is 0 Å². The van der Waals surface area contributed by atoms with Gasteiger partial charge in [-0.05, 0) is 30.2 Å². The number of carbonyl (C=O) groups is 1. The third kappa shape index (κ3) is 2.55. The van der Waals surface area contributed by atoms with Gasteiger partial charge in [0.25, 0.3) is 5.78 Å². The number of hydrogen-bond acceptors (Lipinski definition) is 2. The molecule has 0 aliphatic rings. The van der Waals surface area contributed by atoms with Crippen LogP contribution >= 0.6 is 0 Å². The van der Waals surface area contributed by atoms with Gasteiger partial charge in [0.05, 0.1) is 0 Å². The third-order valence-corrected chi connectivity index (χ3v) is 1.99. The van der Waals surface area contributed by atoms with Crippen molar-refractivity contribution in [2.24, 2.45) is 0 Å². The van der Waals surface area contributed by atoms with Crippen LogP contribution < -0.4 is 0 Å². The molecule has 1 aromatic carbocycles. The van der Waals surface area contributed by atoms with E-state index in [1.807, 2.05) is 30.3 Å². The first-order chi connectivity index (χ1) is 7.86. The topological polar surface area (TPSA) is 30.0 Å². The zero-order valence-electron chi connectivity index (χ0n) is 8.55. The Labute approximate surface area is 94.0 Å². The van der Waals surface area contributed by atoms with E-state index in [0.717, 1.165) is 5.56 Å². The normalized spacial score (nSPS) is 9.00. The predicted molar refractivity (Wildman–Crippen MR) is 61.9 cm³/mol. The van der Waals surface area contributed by atoms with Crippen molar-refractivity contribution < 1.29 is 4.79 Å². The number of aromatic nitrogens is 1. The smallest absolute Gasteiger partial charge is 0.254 e. The Bertz CT molecular complexity index is 535. The number of ketones is 1. The van der Waals surface area contributed by atoms with Crippen LogP contribution in [-0.4, -0.2) is 10.8 Å². The second-order valence-electron chi connectivity index (χ2n) is 3.16. The Morgan fingerprint density at radius 2 is 1.75 bits per heavy atom. The molecule has 76 valence electrons. The van der Waals surface area contributed by atoms with E-state index in [2.05, 4.69) is 16.8 Å². The molecular formula is C14H9NO. The lowest BCUT2D eigenvalue weighted by atomic mass is 10.2. The van der Waals surface area contributed by atoms with Crippen LogP contribution in [0.15, 0.2) is 54.7 Å². The lowest BCUT2D eigenvalue weighted by Gasteiger charge is -1.90. The summed E-state index contributed by atoms with van der Waals surface area (Å²) in [4.78, 5) is 15.5. The van der Waals surface area contributed by atoms with Gasteiger partial charge in [0.1, 0.15) is 5.69 Å². The number of nitrogens with zero attached hydrogens (tertiary/aromatic N) is 1. The second kappa shape index (κ2) is 4.90. The number of hydrogen-bond donors (Lipinski definition) is 0. The summed E-state index contributed by atoms with van der Waals surface area (Å²) in [5.74, 6) is 5.11. The van der Waals surface area contributed by atoms with Gasteiger partial charge in [0.15, 0.2) is 0 Å². The molecule has 0 bridgehead atoms. The average Bonchev–Trinajstić information content (AvgIpc) is 2.38. The summed E-state index contributed by atoms with van der Waals surface area (Å²) in [7, 11) is 0. The minimum Gasteiger partial charge on any atom is -0.277 e. The van der Waals surface area contributed by atoms with E-state index in [1.165, 1.54) is 0 Å². The molecule has 0 unspecified atom stereocenters. The molecule has 0 aliphatic heterocycles. The van der Waals surface area contributed by atoms with Crippen molar-refractivity contribution in [3.63, 3.8) is 0 Å². The molecule has 1 aromatic heterocycles. The van der Waals surface area contributed by atoms with Gasteiger partial charge in [-0.3, -0.25) is 9.78 Å². The summed E-state index contributed by atoms with van der Waals surface area (Å²) < 4.78 is 0. The molecular weight excluding hydrogens is 198 g/mol. The van der Waals surface area contributed by atoms with E-state index in [1.54, 1.807) is 24.4 Å². The molecule has 0 spiro atoms. The second-order valence-corrected chi connectivity index (χ2v) is 3.16. The van der Waals surface area contributed by atoms with Crippen molar-refractivity contribution in [1.29, 1.82) is 0 Å². The fourth-order valence-corrected chi connectivity index (χ4v) is 1.21. The van der Waals surface area contributed by atoms with Crippen LogP contribution in [-0.2, 0) is 0 Å². The third-order valence-electron chi connectivity index (χ3n) is 1.99. The minimum atomic E-state index is -0.260. The van der Waals surface area contributed by atoms with Crippen molar-refractivity contribution in [2.75, 3.05) is 0 Å². The van der Waals surface area contributed by atoms with Crippen molar-refractivity contribution >= 4 is 5.78 Å². The average molecular weight is 207 g/mol. The van der Waals surface area contributed by atoms with Gasteiger partial charge in [0.2, 0.25) is 0 Å². The standard InChI is InChI=1S/C14H9NO/c16-14(13-8-4-5-11-15-13)10-9-12-6-2-1-3-7-12/h1-8,11H. The summed E-state index contributed by atoms with van der Waals surface area (Å²) in [5, 5.41) is 0. The molecule has 2 rings (SSSR count). The Kier molecular flexibility index (Phi) is 3.10. The van der Waals surface area contributed by atoms with Crippen LogP contribution in [0.2, 0.25) is 0 Å². The first kappa shape index (κ1) is 10.1. The molecule has 0 radical (unpaired) electrons. The molecule has 0 amide bonds. The first-order valence-corrected chi connectivity index (χ1v) is 4.89. The maximum atomic E-state index is 11.6. The van der Waals surface area contributed by atoms with Crippen molar-refractivity contribution in [3.8, 4) is 11.8 Å². The molecule has 0 saturated carbocycles. The van der Waals surface area contributed by atoms with Gasteiger partial charge in [-0.25, -0.2) is 0 Å². The Morgan fingerprint density at radius 1 is 1.00 bits per heavy atom. The molecule has 16 heavy (non-hydrogen) atoms. The highest BCUT2D eigenvalue weighted by Crippen LogP contribution is 1.97. The van der Waals surface area contributed by atoms with E-state index in [-0.39, 0.29) is 5.78 Å². The van der Waals surface area contributed by atoms with Gasteiger partial charge in [-0.1, -0.05) is 30.2 Å². The highest BCUT2D eigenvalue weighted by molar-refractivity contribution is 6.07. The van der Waals surface area contributed by atoms with Gasteiger partial charge in [0, 0.05) is 11.8 Å². The molecule has 0 saturated heterocycles. The first-order valence-electron chi connectivity index (χ1n) is 4.89. The van der Waals surface area contributed by atoms with Crippen LogP contribution in [0.3, 0.4) is 0 Å². The van der Waals surface area contributed by atoms with Crippen LogP contribution in [0.1, 0.15) is 16.1 Å². The van der Waals surface area contributed by atoms with Gasteiger partial charge >= 0.3 is 0 Å². The minimum absolute atomic E-state index is 0.260. The molecule has 0 aliphatic carbocycles. The number of pyridine rings is 1. The van der Waals surface area contributed by atoms with Gasteiger partial charge < -0.3 is 0 Å². The van der Waals surface area contributed by atoms with Crippen LogP contribution in [0.25, 0.3) is 0 Å². The van der Waals surface area contributed by atoms with Crippen LogP contribution in [0.4, 0.5) is 0 Å². The molecule has 0 fully saturated rings. The number of benzene rings is 1. The Morgan fingerprint density at radius 3 is 2.44 bits per heavy atom. The number of rotatable bonds is 1.